The molecule has 1 nitrogen and oxygen atoms in total. The Hall–Kier alpha value is -0.617. The van der Waals surface area contributed by atoms with Gasteiger partial charge in [0.2, 0.25) is 0 Å². The van der Waals surface area contributed by atoms with Crippen LogP contribution in [0.5, 0.6) is 5.75 Å². The monoisotopic (exact) mass is 373 g/mol. The third kappa shape index (κ3) is 4.02. The minimum absolute atomic E-state index is 0. The van der Waals surface area contributed by atoms with Crippen LogP contribution in [0.25, 0.3) is 5.57 Å². The van der Waals surface area contributed by atoms with Gasteiger partial charge < -0.3 is 4.74 Å². The van der Waals surface area contributed by atoms with E-state index in [-0.39, 0.29) is 37.0 Å². The third-order valence-electron chi connectivity index (χ3n) is 4.02. The van der Waals surface area contributed by atoms with Gasteiger partial charge in [0.15, 0.2) is 0 Å². The number of allylic oxidation sites excluding steroid dienone is 4. The van der Waals surface area contributed by atoms with Crippen LogP contribution in [-0.2, 0) is 26.2 Å². The summed E-state index contributed by atoms with van der Waals surface area (Å²) in [5.41, 5.74) is 4.00. The smallest absolute Gasteiger partial charge is 0.0759 e. The second kappa shape index (κ2) is 6.87. The Balaban J connectivity index is 0.00000242. The van der Waals surface area contributed by atoms with Crippen molar-refractivity contribution in [1.82, 2.24) is 0 Å². The first kappa shape index (κ1) is 19.4. The first-order valence-electron chi connectivity index (χ1n) is 7.64. The largest absolute Gasteiger partial charge is 0.509 e. The molecule has 2 heteroatoms. The van der Waals surface area contributed by atoms with Crippen molar-refractivity contribution < 1.29 is 30.9 Å². The van der Waals surface area contributed by atoms with E-state index in [2.05, 4.69) is 65.8 Å². The molecule has 0 aromatic heterocycles. The van der Waals surface area contributed by atoms with E-state index in [9.17, 15) is 0 Å². The minimum atomic E-state index is 0. The number of methoxy groups -OCH3 is 1. The van der Waals surface area contributed by atoms with Crippen LogP contribution in [0.15, 0.2) is 35.9 Å². The van der Waals surface area contributed by atoms with E-state index in [0.717, 1.165) is 11.3 Å². The van der Waals surface area contributed by atoms with Crippen molar-refractivity contribution in [2.24, 2.45) is 16.7 Å². The Kier molecular flexibility index (Phi) is 6.07. The van der Waals surface area contributed by atoms with E-state index in [0.29, 0.717) is 5.92 Å². The van der Waals surface area contributed by atoms with E-state index < -0.39 is 0 Å². The van der Waals surface area contributed by atoms with Crippen molar-refractivity contribution in [2.45, 2.75) is 41.5 Å². The molecule has 0 N–H and O–H groups in total. The van der Waals surface area contributed by atoms with E-state index in [1.165, 1.54) is 11.1 Å². The predicted octanol–water partition coefficient (Wildman–Crippen LogP) is 5.53. The van der Waals surface area contributed by atoms with Crippen molar-refractivity contribution in [1.29, 1.82) is 0 Å². The first-order chi connectivity index (χ1) is 9.64. The molecule has 1 aromatic rings. The molecule has 0 heterocycles. The van der Waals surface area contributed by atoms with Gasteiger partial charge in [0.25, 0.3) is 0 Å². The molecule has 1 aliphatic rings. The van der Waals surface area contributed by atoms with Crippen LogP contribution in [0.2, 0.25) is 0 Å². The molecule has 118 valence electrons. The van der Waals surface area contributed by atoms with Crippen molar-refractivity contribution in [3.63, 3.8) is 0 Å². The Bertz CT molecular complexity index is 582. The van der Waals surface area contributed by atoms with Gasteiger partial charge in [-0.15, -0.1) is 17.7 Å². The van der Waals surface area contributed by atoms with Gasteiger partial charge in [-0.3, -0.25) is 0 Å². The van der Waals surface area contributed by atoms with Gasteiger partial charge in [-0.1, -0.05) is 70.6 Å². The fraction of sp³-hybridized carbons (Fsp3) is 0.500. The molecule has 1 aliphatic carbocycles. The van der Waals surface area contributed by atoms with Crippen LogP contribution in [-0.4, -0.2) is 7.11 Å². The molecule has 1 atom stereocenters. The number of hydrogen-bond acceptors (Lipinski definition) is 1. The Labute approximate surface area is 155 Å². The second-order valence-corrected chi connectivity index (χ2v) is 7.89. The molecule has 0 spiro atoms. The van der Waals surface area contributed by atoms with Crippen LogP contribution in [0.4, 0.5) is 0 Å². The molecular formula is C20H27OZr-. The molecule has 0 radical (unpaired) electrons. The third-order valence-corrected chi connectivity index (χ3v) is 4.02. The van der Waals surface area contributed by atoms with Crippen LogP contribution in [0.1, 0.15) is 47.1 Å². The van der Waals surface area contributed by atoms with Crippen molar-refractivity contribution in [3.8, 4) is 5.75 Å². The maximum Gasteiger partial charge on any atom is 0.0759 e. The summed E-state index contributed by atoms with van der Waals surface area (Å²) in [6, 6.07) is 8.23. The van der Waals surface area contributed by atoms with Crippen molar-refractivity contribution >= 4 is 5.57 Å². The van der Waals surface area contributed by atoms with Gasteiger partial charge in [-0.25, -0.2) is 0 Å². The maximum atomic E-state index is 5.55. The zero-order valence-electron chi connectivity index (χ0n) is 14.9. The average Bonchev–Trinajstić information content (AvgIpc) is 2.83. The van der Waals surface area contributed by atoms with Crippen LogP contribution in [0.3, 0.4) is 0 Å². The molecule has 0 amide bonds. The van der Waals surface area contributed by atoms with E-state index in [1.807, 2.05) is 12.1 Å². The molecule has 0 bridgehead atoms. The summed E-state index contributed by atoms with van der Waals surface area (Å²) < 4.78 is 5.55. The van der Waals surface area contributed by atoms with Gasteiger partial charge in [-0.05, 0) is 11.5 Å². The summed E-state index contributed by atoms with van der Waals surface area (Å²) in [7, 11) is 1.73. The minimum Gasteiger partial charge on any atom is -0.509 e. The molecule has 0 aliphatic heterocycles. The zero-order chi connectivity index (χ0) is 15.8. The van der Waals surface area contributed by atoms with Crippen LogP contribution in [0, 0.1) is 22.8 Å². The van der Waals surface area contributed by atoms with Crippen LogP contribution < -0.4 is 4.74 Å². The van der Waals surface area contributed by atoms with Gasteiger partial charge in [0.05, 0.1) is 12.9 Å². The number of hydrogen-bond donors (Lipinski definition) is 0. The normalized spacial score (nSPS) is 18.4. The fourth-order valence-electron chi connectivity index (χ4n) is 2.69. The zero-order valence-corrected chi connectivity index (χ0v) is 17.3. The number of benzene rings is 1. The van der Waals surface area contributed by atoms with E-state index >= 15 is 0 Å². The average molecular weight is 375 g/mol. The quantitative estimate of drug-likeness (QED) is 0.619. The van der Waals surface area contributed by atoms with Gasteiger partial charge in [-0.2, -0.15) is 11.6 Å². The number of para-hydroxylation sites is 1. The summed E-state index contributed by atoms with van der Waals surface area (Å²) in [4.78, 5) is 0. The molecule has 0 fully saturated rings. The van der Waals surface area contributed by atoms with E-state index in [4.69, 9.17) is 4.74 Å². The van der Waals surface area contributed by atoms with Gasteiger partial charge in [0.1, 0.15) is 0 Å². The summed E-state index contributed by atoms with van der Waals surface area (Å²) in [5.74, 6) is 1.26. The number of ether oxygens (including phenoxy) is 1. The maximum absolute atomic E-state index is 5.55. The molecule has 2 rings (SSSR count). The molecule has 22 heavy (non-hydrogen) atoms. The van der Waals surface area contributed by atoms with Crippen LogP contribution >= 0.6 is 0 Å². The summed E-state index contributed by atoms with van der Waals surface area (Å²) in [6.07, 6.45) is 6.11. The topological polar surface area (TPSA) is 9.23 Å². The standard InChI is InChI=1S/C20H27O.Zr/c1-19(2,3)14-12-16(17(13-14)20(4,5)6)15-10-8-9-11-18(15)21-7;/h8-11,13-14H,1-7H3;/q-1;. The SMILES string of the molecule is COc1ccccc1C1=[C-]C(C(C)(C)C)C=C1C(C)(C)C.[Zr]. The Morgan fingerprint density at radius 2 is 1.59 bits per heavy atom. The molecule has 1 unspecified atom stereocenters. The van der Waals surface area contributed by atoms with E-state index in [1.54, 1.807) is 7.11 Å². The molecule has 0 saturated heterocycles. The summed E-state index contributed by atoms with van der Waals surface area (Å²) in [6.45, 7) is 13.6. The van der Waals surface area contributed by atoms with Crippen molar-refractivity contribution in [2.75, 3.05) is 7.11 Å². The first-order valence-corrected chi connectivity index (χ1v) is 7.64. The van der Waals surface area contributed by atoms with Gasteiger partial charge in [0, 0.05) is 26.2 Å². The summed E-state index contributed by atoms with van der Waals surface area (Å²) >= 11 is 0. The fourth-order valence-corrected chi connectivity index (χ4v) is 2.69. The Morgan fingerprint density at radius 1 is 1.00 bits per heavy atom. The Morgan fingerprint density at radius 3 is 2.09 bits per heavy atom. The van der Waals surface area contributed by atoms with Gasteiger partial charge >= 0.3 is 0 Å². The summed E-state index contributed by atoms with van der Waals surface area (Å²) in [5, 5.41) is 0. The predicted molar refractivity (Wildman–Crippen MR) is 90.1 cm³/mol. The molecule has 1 aromatic carbocycles. The molecule has 0 saturated carbocycles. The number of rotatable bonds is 2. The molecular weight excluding hydrogens is 347 g/mol. The van der Waals surface area contributed by atoms with Crippen molar-refractivity contribution in [3.05, 3.63) is 47.6 Å². The second-order valence-electron chi connectivity index (χ2n) is 7.89.